The molecule has 1 aromatic rings. The summed E-state index contributed by atoms with van der Waals surface area (Å²) in [5.41, 5.74) is -0.318. The highest BCUT2D eigenvalue weighted by Crippen LogP contribution is 2.23. The van der Waals surface area contributed by atoms with Gasteiger partial charge in [-0.05, 0) is 5.41 Å². The van der Waals surface area contributed by atoms with Gasteiger partial charge in [0.25, 0.3) is 0 Å². The van der Waals surface area contributed by atoms with Gasteiger partial charge in [-0.25, -0.2) is 0 Å². The Hall–Kier alpha value is -1.92. The summed E-state index contributed by atoms with van der Waals surface area (Å²) >= 11 is 0. The minimum absolute atomic E-state index is 0.0492. The lowest BCUT2D eigenvalue weighted by atomic mass is 9.86. The van der Waals surface area contributed by atoms with Crippen LogP contribution in [0.5, 0.6) is 0 Å². The molecule has 1 N–H and O–H groups in total. The third-order valence-corrected chi connectivity index (χ3v) is 3.35. The van der Waals surface area contributed by atoms with E-state index in [1.54, 1.807) is 4.90 Å². The maximum absolute atomic E-state index is 12.5. The van der Waals surface area contributed by atoms with Gasteiger partial charge in [0.15, 0.2) is 5.82 Å². The number of nitrogens with one attached hydrogen (secondary N) is 1. The van der Waals surface area contributed by atoms with Crippen molar-refractivity contribution >= 4 is 11.8 Å². The first-order valence-corrected chi connectivity index (χ1v) is 6.71. The van der Waals surface area contributed by atoms with Crippen LogP contribution < -0.4 is 5.32 Å². The van der Waals surface area contributed by atoms with E-state index in [-0.39, 0.29) is 17.2 Å². The van der Waals surface area contributed by atoms with Crippen molar-refractivity contribution in [3.8, 4) is 0 Å². The fourth-order valence-corrected chi connectivity index (χ4v) is 2.17. The molecule has 1 saturated heterocycles. The van der Waals surface area contributed by atoms with Crippen LogP contribution >= 0.6 is 0 Å². The van der Waals surface area contributed by atoms with Gasteiger partial charge in [0, 0.05) is 25.9 Å². The molecule has 0 radical (unpaired) electrons. The van der Waals surface area contributed by atoms with Crippen LogP contribution in [0.25, 0.3) is 0 Å². The molecule has 2 rings (SSSR count). The number of nitrogens with zero attached hydrogens (tertiary/aromatic N) is 3. The minimum Gasteiger partial charge on any atom is -0.344 e. The van der Waals surface area contributed by atoms with E-state index in [9.17, 15) is 9.59 Å². The van der Waals surface area contributed by atoms with Crippen LogP contribution in [0.1, 0.15) is 33.0 Å². The Morgan fingerprint density at radius 2 is 2.20 bits per heavy atom. The van der Waals surface area contributed by atoms with Crippen molar-refractivity contribution in [3.63, 3.8) is 0 Å². The molecule has 1 fully saturated rings. The molecule has 1 atom stereocenters. The summed E-state index contributed by atoms with van der Waals surface area (Å²) in [6.07, 6.45) is 2.11. The second-order valence-electron chi connectivity index (χ2n) is 6.04. The van der Waals surface area contributed by atoms with Crippen LogP contribution in [0.4, 0.5) is 0 Å². The summed E-state index contributed by atoms with van der Waals surface area (Å²) in [5, 5.41) is 6.54. The predicted molar refractivity (Wildman–Crippen MR) is 70.6 cm³/mol. The van der Waals surface area contributed by atoms with Gasteiger partial charge in [0.05, 0.1) is 0 Å². The first kappa shape index (κ1) is 14.5. The maximum atomic E-state index is 12.5. The van der Waals surface area contributed by atoms with E-state index in [1.807, 2.05) is 20.8 Å². The Kier molecular flexibility index (Phi) is 4.06. The quantitative estimate of drug-likeness (QED) is 0.864. The maximum Gasteiger partial charge on any atom is 0.245 e. The summed E-state index contributed by atoms with van der Waals surface area (Å²) < 4.78 is 4.67. The van der Waals surface area contributed by atoms with E-state index in [1.165, 1.54) is 6.39 Å². The van der Waals surface area contributed by atoms with E-state index < -0.39 is 6.04 Å². The lowest BCUT2D eigenvalue weighted by molar-refractivity contribution is -0.136. The van der Waals surface area contributed by atoms with E-state index in [4.69, 9.17) is 0 Å². The summed E-state index contributed by atoms with van der Waals surface area (Å²) in [4.78, 5) is 29.9. The first-order valence-electron chi connectivity index (χ1n) is 6.71. The van der Waals surface area contributed by atoms with Crippen LogP contribution in [0, 0.1) is 5.41 Å². The van der Waals surface area contributed by atoms with Gasteiger partial charge in [-0.2, -0.15) is 4.98 Å². The van der Waals surface area contributed by atoms with E-state index in [0.717, 1.165) is 0 Å². The Labute approximate surface area is 117 Å². The third kappa shape index (κ3) is 3.34. The minimum atomic E-state index is -0.497. The average molecular weight is 280 g/mol. The number of amides is 2. The Morgan fingerprint density at radius 3 is 2.80 bits per heavy atom. The lowest BCUT2D eigenvalue weighted by Gasteiger charge is -2.32. The van der Waals surface area contributed by atoms with E-state index >= 15 is 0 Å². The van der Waals surface area contributed by atoms with Crippen LogP contribution in [0.3, 0.4) is 0 Å². The molecular weight excluding hydrogens is 260 g/mol. The fraction of sp³-hybridized carbons (Fsp3) is 0.692. The molecule has 1 aliphatic heterocycles. The molecule has 0 spiro atoms. The highest BCUT2D eigenvalue weighted by Gasteiger charge is 2.37. The second kappa shape index (κ2) is 5.60. The highest BCUT2D eigenvalue weighted by atomic mass is 16.5. The zero-order chi connectivity index (χ0) is 14.8. The smallest absolute Gasteiger partial charge is 0.245 e. The Balaban J connectivity index is 2.07. The molecule has 1 aromatic heterocycles. The van der Waals surface area contributed by atoms with Gasteiger partial charge in [0.2, 0.25) is 18.2 Å². The lowest BCUT2D eigenvalue weighted by Crippen LogP contribution is -2.52. The highest BCUT2D eigenvalue weighted by molar-refractivity contribution is 5.90. The zero-order valence-corrected chi connectivity index (χ0v) is 12.0. The molecule has 110 valence electrons. The average Bonchev–Trinajstić information content (AvgIpc) is 2.82. The first-order chi connectivity index (χ1) is 9.38. The van der Waals surface area contributed by atoms with Gasteiger partial charge in [-0.15, -0.1) is 0 Å². The number of carbonyl (C=O) groups excluding carboxylic acids is 2. The van der Waals surface area contributed by atoms with Crippen molar-refractivity contribution in [2.75, 3.05) is 13.1 Å². The summed E-state index contributed by atoms with van der Waals surface area (Å²) in [7, 11) is 0. The Morgan fingerprint density at radius 1 is 1.45 bits per heavy atom. The number of rotatable bonds is 3. The normalized spacial score (nSPS) is 20.8. The van der Waals surface area contributed by atoms with Crippen molar-refractivity contribution in [3.05, 3.63) is 12.2 Å². The molecular formula is C13H20N4O3. The molecule has 0 aliphatic carbocycles. The van der Waals surface area contributed by atoms with Crippen molar-refractivity contribution in [1.82, 2.24) is 20.4 Å². The van der Waals surface area contributed by atoms with Gasteiger partial charge in [0.1, 0.15) is 6.04 Å². The monoisotopic (exact) mass is 280 g/mol. The van der Waals surface area contributed by atoms with Crippen molar-refractivity contribution in [2.24, 2.45) is 5.41 Å². The number of aromatic nitrogens is 2. The molecule has 7 heteroatoms. The van der Waals surface area contributed by atoms with Gasteiger partial charge in [-0.1, -0.05) is 25.9 Å². The van der Waals surface area contributed by atoms with Gasteiger partial charge < -0.3 is 14.7 Å². The standard InChI is InChI=1S/C13H20N4O3/c1-13(2,3)11-12(19)17(7-5-10(18)15-11)6-4-9-14-8-20-16-9/h8,11H,4-7H2,1-3H3,(H,15,18). The van der Waals surface area contributed by atoms with E-state index in [0.29, 0.717) is 31.8 Å². The van der Waals surface area contributed by atoms with Crippen molar-refractivity contribution in [1.29, 1.82) is 0 Å². The van der Waals surface area contributed by atoms with Crippen LogP contribution in [0.15, 0.2) is 10.9 Å². The summed E-state index contributed by atoms with van der Waals surface area (Å²) in [5.74, 6) is 0.431. The molecule has 1 unspecified atom stereocenters. The topological polar surface area (TPSA) is 88.3 Å². The van der Waals surface area contributed by atoms with Crippen LogP contribution in [0.2, 0.25) is 0 Å². The molecule has 0 aromatic carbocycles. The van der Waals surface area contributed by atoms with E-state index in [2.05, 4.69) is 20.0 Å². The largest absolute Gasteiger partial charge is 0.344 e. The SMILES string of the molecule is CC(C)(C)C1NC(=O)CCN(CCc2ncon2)C1=O. The summed E-state index contributed by atoms with van der Waals surface area (Å²) in [6.45, 7) is 6.74. The fourth-order valence-electron chi connectivity index (χ4n) is 2.17. The number of hydrogen-bond donors (Lipinski definition) is 1. The van der Waals surface area contributed by atoms with Crippen LogP contribution in [-0.2, 0) is 16.0 Å². The molecule has 0 saturated carbocycles. The summed E-state index contributed by atoms with van der Waals surface area (Å²) in [6, 6.07) is -0.497. The number of carbonyl (C=O) groups is 2. The number of hydrogen-bond acceptors (Lipinski definition) is 5. The van der Waals surface area contributed by atoms with Crippen LogP contribution in [-0.4, -0.2) is 46.0 Å². The van der Waals surface area contributed by atoms with Crippen molar-refractivity contribution in [2.45, 2.75) is 39.7 Å². The molecule has 20 heavy (non-hydrogen) atoms. The molecule has 7 nitrogen and oxygen atoms in total. The second-order valence-corrected chi connectivity index (χ2v) is 6.04. The molecule has 2 heterocycles. The Bertz CT molecular complexity index is 478. The zero-order valence-electron chi connectivity index (χ0n) is 12.0. The molecule has 0 bridgehead atoms. The third-order valence-electron chi connectivity index (χ3n) is 3.35. The predicted octanol–water partition coefficient (Wildman–Crippen LogP) is 0.375. The van der Waals surface area contributed by atoms with Gasteiger partial charge >= 0.3 is 0 Å². The van der Waals surface area contributed by atoms with Crippen molar-refractivity contribution < 1.29 is 14.1 Å². The molecule has 1 aliphatic rings. The van der Waals surface area contributed by atoms with Gasteiger partial charge in [-0.3, -0.25) is 9.59 Å². The molecule has 2 amide bonds.